The molecule has 23 heavy (non-hydrogen) atoms. The summed E-state index contributed by atoms with van der Waals surface area (Å²) >= 11 is 1.47. The minimum absolute atomic E-state index is 0.0455. The molecule has 118 valence electrons. The molecule has 1 atom stereocenters. The number of nitrogens with one attached hydrogen (secondary N) is 1. The van der Waals surface area contributed by atoms with E-state index in [0.29, 0.717) is 23.6 Å². The first-order chi connectivity index (χ1) is 11.2. The lowest BCUT2D eigenvalue weighted by atomic mass is 10.0. The van der Waals surface area contributed by atoms with E-state index >= 15 is 0 Å². The molecular formula is C16H14N2O4S. The third-order valence-electron chi connectivity index (χ3n) is 3.48. The van der Waals surface area contributed by atoms with E-state index in [9.17, 15) is 4.79 Å². The van der Waals surface area contributed by atoms with E-state index in [1.54, 1.807) is 23.6 Å². The normalized spacial score (nSPS) is 13.5. The predicted molar refractivity (Wildman–Crippen MR) is 83.4 cm³/mol. The van der Waals surface area contributed by atoms with Crippen LogP contribution in [-0.4, -0.2) is 17.9 Å². The van der Waals surface area contributed by atoms with Gasteiger partial charge < -0.3 is 19.9 Å². The van der Waals surface area contributed by atoms with Gasteiger partial charge in [-0.25, -0.2) is 0 Å². The molecular weight excluding hydrogens is 316 g/mol. The smallest absolute Gasteiger partial charge is 0.305 e. The Labute approximate surface area is 136 Å². The van der Waals surface area contributed by atoms with Gasteiger partial charge >= 0.3 is 5.97 Å². The molecule has 0 saturated carbocycles. The van der Waals surface area contributed by atoms with E-state index in [2.05, 4.69) is 11.4 Å². The summed E-state index contributed by atoms with van der Waals surface area (Å²) in [5.74, 6) is 0.409. The van der Waals surface area contributed by atoms with E-state index in [1.807, 2.05) is 6.07 Å². The molecule has 0 unspecified atom stereocenters. The van der Waals surface area contributed by atoms with Crippen molar-refractivity contribution in [3.63, 3.8) is 0 Å². The lowest BCUT2D eigenvalue weighted by Crippen LogP contribution is -2.23. The first kappa shape index (κ1) is 15.3. The fourth-order valence-electron chi connectivity index (χ4n) is 2.37. The number of carboxylic acid groups (broad SMARTS) is 1. The van der Waals surface area contributed by atoms with Crippen molar-refractivity contribution in [2.24, 2.45) is 0 Å². The number of rotatable bonds is 6. The molecule has 6 nitrogen and oxygen atoms in total. The number of fused-ring (bicyclic) bond motifs is 1. The molecule has 0 radical (unpaired) electrons. The molecule has 2 aromatic rings. The minimum atomic E-state index is -0.885. The van der Waals surface area contributed by atoms with E-state index in [-0.39, 0.29) is 19.3 Å². The quantitative estimate of drug-likeness (QED) is 0.846. The van der Waals surface area contributed by atoms with Gasteiger partial charge in [0.1, 0.15) is 6.07 Å². The van der Waals surface area contributed by atoms with Crippen LogP contribution >= 0.6 is 11.3 Å². The molecule has 1 aromatic heterocycles. The number of nitrogens with zero attached hydrogens (tertiary/aromatic N) is 1. The fraction of sp³-hybridized carbons (Fsp3) is 0.250. The molecule has 0 spiro atoms. The van der Waals surface area contributed by atoms with Crippen LogP contribution in [0.1, 0.15) is 28.5 Å². The highest BCUT2D eigenvalue weighted by molar-refractivity contribution is 7.10. The molecule has 1 aliphatic rings. The summed E-state index contributed by atoms with van der Waals surface area (Å²) in [4.78, 5) is 12.1. The van der Waals surface area contributed by atoms with Gasteiger partial charge in [0.05, 0.1) is 12.0 Å². The second-order valence-corrected chi connectivity index (χ2v) is 6.05. The van der Waals surface area contributed by atoms with Crippen molar-refractivity contribution in [3.8, 4) is 17.6 Å². The summed E-state index contributed by atoms with van der Waals surface area (Å²) in [6, 6.07) is 8.96. The number of aliphatic carboxylic acids is 1. The van der Waals surface area contributed by atoms with Gasteiger partial charge in [0, 0.05) is 22.8 Å². The number of ether oxygens (including phenoxy) is 2. The summed E-state index contributed by atoms with van der Waals surface area (Å²) in [5.41, 5.74) is 1.44. The topological polar surface area (TPSA) is 91.6 Å². The van der Waals surface area contributed by atoms with Crippen molar-refractivity contribution >= 4 is 17.3 Å². The van der Waals surface area contributed by atoms with Gasteiger partial charge in [-0.05, 0) is 23.8 Å². The van der Waals surface area contributed by atoms with Crippen LogP contribution in [0.15, 0.2) is 29.6 Å². The first-order valence-corrected chi connectivity index (χ1v) is 7.86. The molecule has 1 aliphatic heterocycles. The van der Waals surface area contributed by atoms with E-state index in [4.69, 9.17) is 19.8 Å². The van der Waals surface area contributed by atoms with Crippen molar-refractivity contribution in [1.29, 1.82) is 5.26 Å². The van der Waals surface area contributed by atoms with Gasteiger partial charge in [0.2, 0.25) is 6.79 Å². The zero-order chi connectivity index (χ0) is 16.2. The monoisotopic (exact) mass is 330 g/mol. The van der Waals surface area contributed by atoms with E-state index in [1.165, 1.54) is 11.3 Å². The highest BCUT2D eigenvalue weighted by Gasteiger charge is 2.20. The second-order valence-electron chi connectivity index (χ2n) is 5.06. The van der Waals surface area contributed by atoms with Crippen LogP contribution in [0.25, 0.3) is 0 Å². The predicted octanol–water partition coefficient (Wildman–Crippen LogP) is 2.65. The van der Waals surface area contributed by atoms with Crippen LogP contribution in [0.2, 0.25) is 0 Å². The Bertz CT molecular complexity index is 766. The highest BCUT2D eigenvalue weighted by Crippen LogP contribution is 2.35. The standard InChI is InChI=1S/C16H14N2O4S/c17-6-10-3-12(23-8-10)7-18-13(5-16(19)20)11-1-2-14-15(4-11)22-9-21-14/h1-4,8,13,18H,5,7,9H2,(H,19,20)/t13-/m0/s1. The summed E-state index contributed by atoms with van der Waals surface area (Å²) < 4.78 is 10.6. The Balaban J connectivity index is 1.74. The highest BCUT2D eigenvalue weighted by atomic mass is 32.1. The number of carboxylic acids is 1. The van der Waals surface area contributed by atoms with Crippen molar-refractivity contribution in [2.75, 3.05) is 6.79 Å². The Morgan fingerprint density at radius 1 is 1.39 bits per heavy atom. The largest absolute Gasteiger partial charge is 0.481 e. The summed E-state index contributed by atoms with van der Waals surface area (Å²) in [5, 5.41) is 23.0. The number of hydrogen-bond acceptors (Lipinski definition) is 6. The molecule has 0 fully saturated rings. The van der Waals surface area contributed by atoms with Crippen molar-refractivity contribution in [2.45, 2.75) is 19.0 Å². The van der Waals surface area contributed by atoms with Gasteiger partial charge in [-0.3, -0.25) is 4.79 Å². The number of nitriles is 1. The third-order valence-corrected chi connectivity index (χ3v) is 4.42. The number of thiophene rings is 1. The Hall–Kier alpha value is -2.56. The maximum Gasteiger partial charge on any atom is 0.305 e. The molecule has 0 saturated heterocycles. The van der Waals surface area contributed by atoms with Gasteiger partial charge in [0.25, 0.3) is 0 Å². The Morgan fingerprint density at radius 2 is 2.22 bits per heavy atom. The average Bonchev–Trinajstić information content (AvgIpc) is 3.19. The van der Waals surface area contributed by atoms with Crippen LogP contribution in [0.5, 0.6) is 11.5 Å². The molecule has 7 heteroatoms. The summed E-state index contributed by atoms with van der Waals surface area (Å²) in [7, 11) is 0. The maximum atomic E-state index is 11.1. The number of carbonyl (C=O) groups is 1. The third kappa shape index (κ3) is 3.62. The molecule has 0 bridgehead atoms. The fourth-order valence-corrected chi connectivity index (χ4v) is 3.13. The Morgan fingerprint density at radius 3 is 2.96 bits per heavy atom. The van der Waals surface area contributed by atoms with Crippen LogP contribution < -0.4 is 14.8 Å². The lowest BCUT2D eigenvalue weighted by molar-refractivity contribution is -0.137. The van der Waals surface area contributed by atoms with Gasteiger partial charge in [-0.1, -0.05) is 6.07 Å². The van der Waals surface area contributed by atoms with Crippen LogP contribution in [-0.2, 0) is 11.3 Å². The SMILES string of the molecule is N#Cc1csc(CN[C@@H](CC(=O)O)c2ccc3c(c2)OCO3)c1. The maximum absolute atomic E-state index is 11.1. The zero-order valence-corrected chi connectivity index (χ0v) is 12.9. The van der Waals surface area contributed by atoms with E-state index < -0.39 is 5.97 Å². The van der Waals surface area contributed by atoms with E-state index in [0.717, 1.165) is 10.4 Å². The van der Waals surface area contributed by atoms with Gasteiger partial charge in [0.15, 0.2) is 11.5 Å². The molecule has 0 aliphatic carbocycles. The van der Waals surface area contributed by atoms with Crippen LogP contribution in [0.4, 0.5) is 0 Å². The van der Waals surface area contributed by atoms with Crippen LogP contribution in [0.3, 0.4) is 0 Å². The minimum Gasteiger partial charge on any atom is -0.481 e. The number of benzene rings is 1. The summed E-state index contributed by atoms with van der Waals surface area (Å²) in [6.45, 7) is 0.681. The van der Waals surface area contributed by atoms with Crippen molar-refractivity contribution < 1.29 is 19.4 Å². The van der Waals surface area contributed by atoms with Gasteiger partial charge in [-0.15, -0.1) is 11.3 Å². The van der Waals surface area contributed by atoms with Crippen molar-refractivity contribution in [1.82, 2.24) is 5.32 Å². The number of hydrogen-bond donors (Lipinski definition) is 2. The average molecular weight is 330 g/mol. The molecule has 0 amide bonds. The zero-order valence-electron chi connectivity index (χ0n) is 12.1. The lowest BCUT2D eigenvalue weighted by Gasteiger charge is -2.17. The second kappa shape index (κ2) is 6.69. The molecule has 1 aromatic carbocycles. The Kier molecular flexibility index (Phi) is 4.46. The van der Waals surface area contributed by atoms with Gasteiger partial charge in [-0.2, -0.15) is 5.26 Å². The summed E-state index contributed by atoms with van der Waals surface area (Å²) in [6.07, 6.45) is -0.0455. The molecule has 3 rings (SSSR count). The van der Waals surface area contributed by atoms with Crippen molar-refractivity contribution in [3.05, 3.63) is 45.6 Å². The van der Waals surface area contributed by atoms with Crippen LogP contribution in [0, 0.1) is 11.3 Å². The first-order valence-electron chi connectivity index (χ1n) is 6.98. The molecule has 2 N–H and O–H groups in total. The molecule has 2 heterocycles.